The second-order valence-electron chi connectivity index (χ2n) is 6.60. The predicted molar refractivity (Wildman–Crippen MR) is 102 cm³/mol. The van der Waals surface area contributed by atoms with Gasteiger partial charge in [-0.2, -0.15) is 0 Å². The summed E-state index contributed by atoms with van der Waals surface area (Å²) in [5, 5.41) is 1.91. The minimum absolute atomic E-state index is 0.0144. The fourth-order valence-corrected chi connectivity index (χ4v) is 4.66. The molecule has 0 amide bonds. The third-order valence-corrected chi connectivity index (χ3v) is 5.98. The number of carbonyl (C=O) groups excluding carboxylic acids is 2. The monoisotopic (exact) mass is 381 g/mol. The standard InChI is InChI=1S/C21H19NO4S/c1-25-21(24)19-18(16-8-5-9-27-16)17-14(23)10-13(11-15(17)26-20(19)22)12-6-3-2-4-7-12/h2-9,13,18H,10-11,22H2,1H3. The van der Waals surface area contributed by atoms with Crippen LogP contribution in [0.15, 0.2) is 70.6 Å². The fraction of sp³-hybridized carbons (Fsp3) is 0.238. The van der Waals surface area contributed by atoms with Crippen LogP contribution in [0.25, 0.3) is 0 Å². The van der Waals surface area contributed by atoms with Crippen molar-refractivity contribution in [3.05, 3.63) is 81.1 Å². The Morgan fingerprint density at radius 3 is 2.63 bits per heavy atom. The largest absolute Gasteiger partial charge is 0.465 e. The fourth-order valence-electron chi connectivity index (χ4n) is 3.82. The lowest BCUT2D eigenvalue weighted by Gasteiger charge is -2.34. The highest BCUT2D eigenvalue weighted by atomic mass is 32.1. The highest BCUT2D eigenvalue weighted by Crippen LogP contribution is 2.47. The number of Topliss-reactive ketones (excluding diaryl/α,β-unsaturated/α-hetero) is 1. The van der Waals surface area contributed by atoms with Gasteiger partial charge in [0.05, 0.1) is 13.0 Å². The number of esters is 1. The molecule has 2 heterocycles. The van der Waals surface area contributed by atoms with E-state index in [0.717, 1.165) is 10.4 Å². The molecule has 1 aliphatic heterocycles. The summed E-state index contributed by atoms with van der Waals surface area (Å²) in [6.07, 6.45) is 0.949. The average Bonchev–Trinajstić information content (AvgIpc) is 3.21. The summed E-state index contributed by atoms with van der Waals surface area (Å²) in [5.74, 6) is -0.517. The van der Waals surface area contributed by atoms with Gasteiger partial charge in [-0.05, 0) is 22.9 Å². The van der Waals surface area contributed by atoms with Crippen LogP contribution in [-0.4, -0.2) is 18.9 Å². The molecule has 1 aliphatic carbocycles. The molecule has 27 heavy (non-hydrogen) atoms. The Morgan fingerprint density at radius 2 is 1.96 bits per heavy atom. The van der Waals surface area contributed by atoms with E-state index in [1.165, 1.54) is 18.4 Å². The maximum atomic E-state index is 13.1. The third-order valence-electron chi connectivity index (χ3n) is 5.04. The minimum atomic E-state index is -0.574. The van der Waals surface area contributed by atoms with Gasteiger partial charge in [0, 0.05) is 23.3 Å². The first-order valence-corrected chi connectivity index (χ1v) is 9.58. The molecule has 0 saturated carbocycles. The number of hydrogen-bond donors (Lipinski definition) is 1. The molecular weight excluding hydrogens is 362 g/mol. The van der Waals surface area contributed by atoms with Gasteiger partial charge in [-0.25, -0.2) is 4.79 Å². The van der Waals surface area contributed by atoms with E-state index >= 15 is 0 Å². The van der Waals surface area contributed by atoms with Crippen LogP contribution in [0, 0.1) is 0 Å². The second-order valence-corrected chi connectivity index (χ2v) is 7.58. The van der Waals surface area contributed by atoms with Crippen molar-refractivity contribution in [1.29, 1.82) is 0 Å². The van der Waals surface area contributed by atoms with Crippen molar-refractivity contribution in [2.45, 2.75) is 24.7 Å². The highest BCUT2D eigenvalue weighted by Gasteiger charge is 2.43. The number of ether oxygens (including phenoxy) is 2. The Labute approximate surface area is 161 Å². The van der Waals surface area contributed by atoms with E-state index in [0.29, 0.717) is 24.2 Å². The van der Waals surface area contributed by atoms with Crippen LogP contribution < -0.4 is 5.73 Å². The van der Waals surface area contributed by atoms with Gasteiger partial charge in [-0.1, -0.05) is 36.4 Å². The predicted octanol–water partition coefficient (Wildman–Crippen LogP) is 3.61. The topological polar surface area (TPSA) is 78.6 Å². The van der Waals surface area contributed by atoms with Crippen molar-refractivity contribution in [1.82, 2.24) is 0 Å². The summed E-state index contributed by atoms with van der Waals surface area (Å²) < 4.78 is 10.7. The first-order valence-electron chi connectivity index (χ1n) is 8.70. The Balaban J connectivity index is 1.79. The molecule has 4 rings (SSSR count). The number of thiophene rings is 1. The first-order chi connectivity index (χ1) is 13.1. The van der Waals surface area contributed by atoms with Gasteiger partial charge in [0.2, 0.25) is 5.88 Å². The van der Waals surface area contributed by atoms with E-state index in [2.05, 4.69) is 0 Å². The molecule has 2 aliphatic rings. The summed E-state index contributed by atoms with van der Waals surface area (Å²) in [6, 6.07) is 13.7. The summed E-state index contributed by atoms with van der Waals surface area (Å²) in [4.78, 5) is 26.4. The molecular formula is C21H19NO4S. The Hall–Kier alpha value is -2.86. The number of methoxy groups -OCH3 is 1. The number of rotatable bonds is 3. The normalized spacial score (nSPS) is 22.3. The van der Waals surface area contributed by atoms with Crippen LogP contribution in [-0.2, 0) is 19.1 Å². The number of allylic oxidation sites excluding steroid dienone is 2. The zero-order valence-corrected chi connectivity index (χ0v) is 15.6. The summed E-state index contributed by atoms with van der Waals surface area (Å²) >= 11 is 1.48. The zero-order valence-electron chi connectivity index (χ0n) is 14.8. The number of hydrogen-bond acceptors (Lipinski definition) is 6. The Morgan fingerprint density at radius 1 is 1.19 bits per heavy atom. The van der Waals surface area contributed by atoms with Crippen LogP contribution in [0.5, 0.6) is 0 Å². The van der Waals surface area contributed by atoms with E-state index in [1.807, 2.05) is 47.8 Å². The van der Waals surface area contributed by atoms with Gasteiger partial charge in [0.1, 0.15) is 11.3 Å². The van der Waals surface area contributed by atoms with Crippen LogP contribution in [0.3, 0.4) is 0 Å². The van der Waals surface area contributed by atoms with Crippen LogP contribution >= 0.6 is 11.3 Å². The molecule has 138 valence electrons. The Bertz CT molecular complexity index is 944. The van der Waals surface area contributed by atoms with Crippen molar-refractivity contribution in [3.63, 3.8) is 0 Å². The molecule has 0 saturated heterocycles. The lowest BCUT2D eigenvalue weighted by atomic mass is 9.75. The van der Waals surface area contributed by atoms with E-state index in [9.17, 15) is 9.59 Å². The van der Waals surface area contributed by atoms with Gasteiger partial charge < -0.3 is 15.2 Å². The van der Waals surface area contributed by atoms with E-state index in [-0.39, 0.29) is 23.2 Å². The van der Waals surface area contributed by atoms with Crippen LogP contribution in [0.1, 0.15) is 35.1 Å². The smallest absolute Gasteiger partial charge is 0.340 e. The van der Waals surface area contributed by atoms with Crippen molar-refractivity contribution in [2.24, 2.45) is 5.73 Å². The maximum absolute atomic E-state index is 13.1. The van der Waals surface area contributed by atoms with Crippen LogP contribution in [0.4, 0.5) is 0 Å². The third kappa shape index (κ3) is 3.06. The minimum Gasteiger partial charge on any atom is -0.465 e. The molecule has 2 atom stereocenters. The van der Waals surface area contributed by atoms with Gasteiger partial charge in [-0.3, -0.25) is 4.79 Å². The summed E-state index contributed by atoms with van der Waals surface area (Å²) in [6.45, 7) is 0. The van der Waals surface area contributed by atoms with Crippen LogP contribution in [0.2, 0.25) is 0 Å². The zero-order chi connectivity index (χ0) is 19.0. The molecule has 0 fully saturated rings. The van der Waals surface area contributed by atoms with Crippen molar-refractivity contribution < 1.29 is 19.1 Å². The maximum Gasteiger partial charge on any atom is 0.340 e. The van der Waals surface area contributed by atoms with Gasteiger partial charge in [0.15, 0.2) is 5.78 Å². The number of ketones is 1. The number of benzene rings is 1. The lowest BCUT2D eigenvalue weighted by Crippen LogP contribution is -2.32. The van der Waals surface area contributed by atoms with Gasteiger partial charge >= 0.3 is 5.97 Å². The highest BCUT2D eigenvalue weighted by molar-refractivity contribution is 7.10. The van der Waals surface area contributed by atoms with Crippen molar-refractivity contribution in [2.75, 3.05) is 7.11 Å². The van der Waals surface area contributed by atoms with Crippen molar-refractivity contribution >= 4 is 23.1 Å². The molecule has 2 unspecified atom stereocenters. The molecule has 1 aromatic carbocycles. The molecule has 0 radical (unpaired) electrons. The SMILES string of the molecule is COC(=O)C1=C(N)OC2=C(C(=O)CC(c3ccccc3)C2)C1c1cccs1. The summed E-state index contributed by atoms with van der Waals surface area (Å²) in [7, 11) is 1.30. The average molecular weight is 381 g/mol. The van der Waals surface area contributed by atoms with Crippen molar-refractivity contribution in [3.8, 4) is 0 Å². The van der Waals surface area contributed by atoms with E-state index in [4.69, 9.17) is 15.2 Å². The summed E-state index contributed by atoms with van der Waals surface area (Å²) in [5.41, 5.74) is 7.92. The molecule has 5 nitrogen and oxygen atoms in total. The Kier molecular flexibility index (Phi) is 4.58. The quantitative estimate of drug-likeness (QED) is 0.822. The molecule has 2 N–H and O–H groups in total. The lowest BCUT2D eigenvalue weighted by molar-refractivity contribution is -0.136. The van der Waals surface area contributed by atoms with E-state index in [1.54, 1.807) is 0 Å². The molecule has 0 spiro atoms. The number of carbonyl (C=O) groups is 2. The molecule has 2 aromatic rings. The van der Waals surface area contributed by atoms with Gasteiger partial charge in [-0.15, -0.1) is 11.3 Å². The molecule has 1 aromatic heterocycles. The number of nitrogens with two attached hydrogens (primary N) is 1. The molecule has 6 heteroatoms. The second kappa shape index (κ2) is 7.04. The first kappa shape index (κ1) is 17.5. The van der Waals surface area contributed by atoms with Gasteiger partial charge in [0.25, 0.3) is 0 Å². The molecule has 0 bridgehead atoms. The van der Waals surface area contributed by atoms with E-state index < -0.39 is 11.9 Å².